The van der Waals surface area contributed by atoms with Crippen molar-refractivity contribution in [1.29, 1.82) is 0 Å². The van der Waals surface area contributed by atoms with Gasteiger partial charge in [0.2, 0.25) is 0 Å². The molecule has 0 aliphatic rings. The summed E-state index contributed by atoms with van der Waals surface area (Å²) >= 11 is 0. The minimum absolute atomic E-state index is 0.106. The maximum Gasteiger partial charge on any atom is 0.195 e. The standard InChI is InChI=1S/C13H12N2O.C10H10N2/c14-11-8-4-7-10(12(11)15)13(16)9-5-2-1-3-6-9;11-9-5-6-10(12)8-4-2-1-3-7(8)9/h1-8H,14-15H2;1-6H,11-12H2. The van der Waals surface area contributed by atoms with Crippen LogP contribution in [0.1, 0.15) is 15.9 Å². The van der Waals surface area contributed by atoms with E-state index in [1.807, 2.05) is 54.6 Å². The number of hydrogen-bond donors (Lipinski definition) is 4. The maximum absolute atomic E-state index is 12.1. The number of nitrogen functional groups attached to an aromatic ring is 4. The average Bonchev–Trinajstić information content (AvgIpc) is 2.74. The first kappa shape index (κ1) is 18.8. The van der Waals surface area contributed by atoms with Gasteiger partial charge in [-0.25, -0.2) is 0 Å². The second kappa shape index (κ2) is 8.14. The molecule has 5 nitrogen and oxygen atoms in total. The van der Waals surface area contributed by atoms with Crippen molar-refractivity contribution in [3.05, 3.63) is 96.1 Å². The highest BCUT2D eigenvalue weighted by Gasteiger charge is 2.12. The SMILES string of the molecule is Nc1ccc(N)c2ccccc12.Nc1cccc(C(=O)c2ccccc2)c1N. The number of fused-ring (bicyclic) bond motifs is 1. The Morgan fingerprint density at radius 2 is 1.07 bits per heavy atom. The number of carbonyl (C=O) groups excluding carboxylic acids is 1. The van der Waals surface area contributed by atoms with Gasteiger partial charge in [-0.3, -0.25) is 4.79 Å². The van der Waals surface area contributed by atoms with Crippen LogP contribution in [0, 0.1) is 0 Å². The molecule has 0 aliphatic carbocycles. The zero-order valence-corrected chi connectivity index (χ0v) is 15.3. The third-order valence-electron chi connectivity index (χ3n) is 4.41. The number of anilines is 4. The quantitative estimate of drug-likeness (QED) is 0.313. The van der Waals surface area contributed by atoms with Crippen molar-refractivity contribution in [2.45, 2.75) is 0 Å². The summed E-state index contributed by atoms with van der Waals surface area (Å²) in [6.07, 6.45) is 0. The molecule has 0 bridgehead atoms. The molecule has 28 heavy (non-hydrogen) atoms. The molecule has 0 atom stereocenters. The summed E-state index contributed by atoms with van der Waals surface area (Å²) in [5, 5.41) is 2.05. The van der Waals surface area contributed by atoms with E-state index in [0.717, 1.165) is 22.1 Å². The number of para-hydroxylation sites is 1. The van der Waals surface area contributed by atoms with Gasteiger partial charge < -0.3 is 22.9 Å². The fourth-order valence-corrected chi connectivity index (χ4v) is 2.87. The van der Waals surface area contributed by atoms with Crippen LogP contribution in [0.25, 0.3) is 10.8 Å². The van der Waals surface area contributed by atoms with E-state index >= 15 is 0 Å². The molecule has 0 fully saturated rings. The van der Waals surface area contributed by atoms with Crippen molar-refractivity contribution < 1.29 is 4.79 Å². The van der Waals surface area contributed by atoms with Gasteiger partial charge in [0.25, 0.3) is 0 Å². The highest BCUT2D eigenvalue weighted by molar-refractivity contribution is 6.13. The Labute approximate surface area is 163 Å². The van der Waals surface area contributed by atoms with Crippen LogP contribution in [0.3, 0.4) is 0 Å². The molecule has 4 rings (SSSR count). The molecule has 0 spiro atoms. The van der Waals surface area contributed by atoms with Crippen molar-refractivity contribution in [3.63, 3.8) is 0 Å². The van der Waals surface area contributed by atoms with Crippen LogP contribution in [0.15, 0.2) is 84.9 Å². The van der Waals surface area contributed by atoms with Gasteiger partial charge in [-0.15, -0.1) is 0 Å². The zero-order chi connectivity index (χ0) is 20.1. The highest BCUT2D eigenvalue weighted by atomic mass is 16.1. The van der Waals surface area contributed by atoms with Gasteiger partial charge in [-0.2, -0.15) is 0 Å². The monoisotopic (exact) mass is 370 g/mol. The maximum atomic E-state index is 12.1. The van der Waals surface area contributed by atoms with Gasteiger partial charge in [0.15, 0.2) is 5.78 Å². The van der Waals surface area contributed by atoms with Crippen molar-refractivity contribution in [3.8, 4) is 0 Å². The van der Waals surface area contributed by atoms with Gasteiger partial charge >= 0.3 is 0 Å². The summed E-state index contributed by atoms with van der Waals surface area (Å²) in [6, 6.07) is 25.6. The lowest BCUT2D eigenvalue weighted by Gasteiger charge is -2.06. The lowest BCUT2D eigenvalue weighted by Crippen LogP contribution is -2.07. The molecule has 0 amide bonds. The van der Waals surface area contributed by atoms with Crippen LogP contribution in [0.4, 0.5) is 22.7 Å². The van der Waals surface area contributed by atoms with Crippen molar-refractivity contribution >= 4 is 39.3 Å². The molecule has 4 aromatic rings. The summed E-state index contributed by atoms with van der Waals surface area (Å²) < 4.78 is 0. The van der Waals surface area contributed by atoms with E-state index in [1.165, 1.54) is 0 Å². The van der Waals surface area contributed by atoms with Crippen molar-refractivity contribution in [1.82, 2.24) is 0 Å². The lowest BCUT2D eigenvalue weighted by molar-refractivity contribution is 0.103. The van der Waals surface area contributed by atoms with Crippen LogP contribution in [-0.4, -0.2) is 5.78 Å². The molecule has 4 aromatic carbocycles. The zero-order valence-electron chi connectivity index (χ0n) is 15.3. The Hall–Kier alpha value is -3.99. The molecule has 0 radical (unpaired) electrons. The van der Waals surface area contributed by atoms with E-state index < -0.39 is 0 Å². The fraction of sp³-hybridized carbons (Fsp3) is 0. The Bertz CT molecular complexity index is 1080. The first-order valence-electron chi connectivity index (χ1n) is 8.75. The summed E-state index contributed by atoms with van der Waals surface area (Å²) in [5.41, 5.74) is 26.4. The van der Waals surface area contributed by atoms with Gasteiger partial charge in [0, 0.05) is 33.3 Å². The Morgan fingerprint density at radius 3 is 1.64 bits per heavy atom. The number of hydrogen-bond acceptors (Lipinski definition) is 5. The smallest absolute Gasteiger partial charge is 0.195 e. The number of nitrogens with two attached hydrogens (primary N) is 4. The van der Waals surface area contributed by atoms with E-state index in [9.17, 15) is 4.79 Å². The van der Waals surface area contributed by atoms with E-state index in [2.05, 4.69) is 0 Å². The fourth-order valence-electron chi connectivity index (χ4n) is 2.87. The predicted molar refractivity (Wildman–Crippen MR) is 118 cm³/mol. The van der Waals surface area contributed by atoms with Gasteiger partial charge in [0.05, 0.1) is 11.4 Å². The number of benzene rings is 4. The first-order valence-corrected chi connectivity index (χ1v) is 8.75. The lowest BCUT2D eigenvalue weighted by atomic mass is 10.0. The van der Waals surface area contributed by atoms with Crippen LogP contribution < -0.4 is 22.9 Å². The van der Waals surface area contributed by atoms with Crippen LogP contribution in [-0.2, 0) is 0 Å². The van der Waals surface area contributed by atoms with Crippen molar-refractivity contribution in [2.75, 3.05) is 22.9 Å². The number of rotatable bonds is 2. The molecule has 0 saturated carbocycles. The Kier molecular flexibility index (Phi) is 5.46. The molecule has 0 saturated heterocycles. The topological polar surface area (TPSA) is 121 Å². The van der Waals surface area contributed by atoms with E-state index in [0.29, 0.717) is 22.5 Å². The molecule has 0 unspecified atom stereocenters. The van der Waals surface area contributed by atoms with Crippen LogP contribution >= 0.6 is 0 Å². The molecule has 0 aromatic heterocycles. The summed E-state index contributed by atoms with van der Waals surface area (Å²) in [6.45, 7) is 0. The molecular formula is C23H22N4O. The summed E-state index contributed by atoms with van der Waals surface area (Å²) in [7, 11) is 0. The third-order valence-corrected chi connectivity index (χ3v) is 4.41. The predicted octanol–water partition coefficient (Wildman–Crippen LogP) is 4.09. The minimum Gasteiger partial charge on any atom is -0.398 e. The molecule has 5 heteroatoms. The van der Waals surface area contributed by atoms with Gasteiger partial charge in [-0.05, 0) is 24.3 Å². The summed E-state index contributed by atoms with van der Waals surface area (Å²) in [4.78, 5) is 12.1. The minimum atomic E-state index is -0.106. The van der Waals surface area contributed by atoms with Crippen LogP contribution in [0.5, 0.6) is 0 Å². The summed E-state index contributed by atoms with van der Waals surface area (Å²) in [5.74, 6) is -0.106. The molecule has 140 valence electrons. The second-order valence-electron chi connectivity index (χ2n) is 6.29. The van der Waals surface area contributed by atoms with E-state index in [4.69, 9.17) is 22.9 Å². The van der Waals surface area contributed by atoms with Crippen LogP contribution in [0.2, 0.25) is 0 Å². The van der Waals surface area contributed by atoms with E-state index in [1.54, 1.807) is 30.3 Å². The first-order chi connectivity index (χ1) is 13.5. The Balaban J connectivity index is 0.000000167. The molecule has 0 heterocycles. The molecule has 0 aliphatic heterocycles. The molecular weight excluding hydrogens is 348 g/mol. The van der Waals surface area contributed by atoms with Gasteiger partial charge in [-0.1, -0.05) is 60.7 Å². The van der Waals surface area contributed by atoms with Crippen molar-refractivity contribution in [2.24, 2.45) is 0 Å². The highest BCUT2D eigenvalue weighted by Crippen LogP contribution is 2.25. The molecule has 8 N–H and O–H groups in total. The van der Waals surface area contributed by atoms with E-state index in [-0.39, 0.29) is 5.78 Å². The Morgan fingerprint density at radius 1 is 0.536 bits per heavy atom. The van der Waals surface area contributed by atoms with Gasteiger partial charge in [0.1, 0.15) is 0 Å². The average molecular weight is 370 g/mol. The largest absolute Gasteiger partial charge is 0.398 e. The number of ketones is 1. The normalized spacial score (nSPS) is 10.1. The number of carbonyl (C=O) groups is 1. The second-order valence-corrected chi connectivity index (χ2v) is 6.29. The third kappa shape index (κ3) is 3.88.